The summed E-state index contributed by atoms with van der Waals surface area (Å²) in [6.07, 6.45) is 3.74. The standard InChI is InChI=1S/C12H14FNO/c1-14-6-2-3-9-8-15-12-7-10(13)4-5-11(9)12/h4-5,7-8,14H,2-3,6H2,1H3. The lowest BCUT2D eigenvalue weighted by molar-refractivity contribution is 0.594. The predicted molar refractivity (Wildman–Crippen MR) is 58.4 cm³/mol. The molecule has 2 aromatic rings. The van der Waals surface area contributed by atoms with E-state index in [1.54, 1.807) is 12.3 Å². The second-order valence-electron chi connectivity index (χ2n) is 3.61. The molecule has 0 saturated heterocycles. The Balaban J connectivity index is 2.21. The van der Waals surface area contributed by atoms with Gasteiger partial charge in [-0.15, -0.1) is 0 Å². The van der Waals surface area contributed by atoms with Crippen molar-refractivity contribution in [3.63, 3.8) is 0 Å². The molecule has 0 amide bonds. The summed E-state index contributed by atoms with van der Waals surface area (Å²) in [5, 5.41) is 4.12. The van der Waals surface area contributed by atoms with Crippen LogP contribution in [0.15, 0.2) is 28.9 Å². The molecule has 0 unspecified atom stereocenters. The van der Waals surface area contributed by atoms with Crippen LogP contribution in [0.1, 0.15) is 12.0 Å². The Kier molecular flexibility index (Phi) is 3.02. The normalized spacial score (nSPS) is 11.1. The SMILES string of the molecule is CNCCCc1coc2cc(F)ccc12. The van der Waals surface area contributed by atoms with Crippen LogP contribution in [0.5, 0.6) is 0 Å². The summed E-state index contributed by atoms with van der Waals surface area (Å²) in [5.74, 6) is -0.251. The molecule has 0 saturated carbocycles. The second-order valence-corrected chi connectivity index (χ2v) is 3.61. The Morgan fingerprint density at radius 2 is 2.27 bits per heavy atom. The van der Waals surface area contributed by atoms with Crippen LogP contribution < -0.4 is 5.32 Å². The molecule has 1 aromatic heterocycles. The molecule has 15 heavy (non-hydrogen) atoms. The highest BCUT2D eigenvalue weighted by atomic mass is 19.1. The van der Waals surface area contributed by atoms with E-state index in [9.17, 15) is 4.39 Å². The number of furan rings is 1. The Morgan fingerprint density at radius 3 is 3.07 bits per heavy atom. The first-order valence-corrected chi connectivity index (χ1v) is 5.11. The Morgan fingerprint density at radius 1 is 1.40 bits per heavy atom. The van der Waals surface area contributed by atoms with Gasteiger partial charge >= 0.3 is 0 Å². The topological polar surface area (TPSA) is 25.2 Å². The zero-order valence-electron chi connectivity index (χ0n) is 8.72. The van der Waals surface area contributed by atoms with Crippen molar-refractivity contribution in [2.75, 3.05) is 13.6 Å². The quantitative estimate of drug-likeness (QED) is 0.780. The van der Waals surface area contributed by atoms with Gasteiger partial charge in [0.1, 0.15) is 11.4 Å². The first-order valence-electron chi connectivity index (χ1n) is 5.11. The van der Waals surface area contributed by atoms with E-state index < -0.39 is 0 Å². The van der Waals surface area contributed by atoms with Gasteiger partial charge in [0.15, 0.2) is 0 Å². The van der Waals surface area contributed by atoms with Crippen molar-refractivity contribution in [1.82, 2.24) is 5.32 Å². The highest BCUT2D eigenvalue weighted by Gasteiger charge is 2.05. The summed E-state index contributed by atoms with van der Waals surface area (Å²) in [6.45, 7) is 0.980. The highest BCUT2D eigenvalue weighted by Crippen LogP contribution is 2.22. The summed E-state index contributed by atoms with van der Waals surface area (Å²) in [4.78, 5) is 0. The lowest BCUT2D eigenvalue weighted by Gasteiger charge is -1.97. The van der Waals surface area contributed by atoms with Gasteiger partial charge in [-0.05, 0) is 44.1 Å². The van der Waals surface area contributed by atoms with Gasteiger partial charge < -0.3 is 9.73 Å². The molecule has 1 heterocycles. The van der Waals surface area contributed by atoms with Crippen molar-refractivity contribution in [2.45, 2.75) is 12.8 Å². The number of hydrogen-bond donors (Lipinski definition) is 1. The third kappa shape index (κ3) is 2.18. The van der Waals surface area contributed by atoms with Crippen LogP contribution in [-0.4, -0.2) is 13.6 Å². The third-order valence-corrected chi connectivity index (χ3v) is 2.49. The summed E-state index contributed by atoms with van der Waals surface area (Å²) in [6, 6.07) is 4.68. The molecule has 0 aliphatic rings. The zero-order chi connectivity index (χ0) is 10.7. The van der Waals surface area contributed by atoms with E-state index in [0.29, 0.717) is 5.58 Å². The molecular formula is C12H14FNO. The first-order chi connectivity index (χ1) is 7.31. The monoisotopic (exact) mass is 207 g/mol. The van der Waals surface area contributed by atoms with Crippen molar-refractivity contribution in [3.8, 4) is 0 Å². The van der Waals surface area contributed by atoms with Crippen LogP contribution in [-0.2, 0) is 6.42 Å². The van der Waals surface area contributed by atoms with E-state index in [2.05, 4.69) is 5.32 Å². The van der Waals surface area contributed by atoms with Gasteiger partial charge in [0.05, 0.1) is 6.26 Å². The van der Waals surface area contributed by atoms with E-state index in [1.165, 1.54) is 12.1 Å². The van der Waals surface area contributed by atoms with Gasteiger partial charge in [-0.3, -0.25) is 0 Å². The lowest BCUT2D eigenvalue weighted by Crippen LogP contribution is -2.08. The fourth-order valence-corrected chi connectivity index (χ4v) is 1.71. The minimum Gasteiger partial charge on any atom is -0.464 e. The van der Waals surface area contributed by atoms with Gasteiger partial charge in [0.25, 0.3) is 0 Å². The molecular weight excluding hydrogens is 193 g/mol. The van der Waals surface area contributed by atoms with Crippen LogP contribution in [0.25, 0.3) is 11.0 Å². The number of nitrogens with one attached hydrogen (secondary N) is 1. The first kappa shape index (κ1) is 10.2. The molecule has 0 fully saturated rings. The highest BCUT2D eigenvalue weighted by molar-refractivity contribution is 5.80. The number of hydrogen-bond acceptors (Lipinski definition) is 2. The molecule has 0 bridgehead atoms. The molecule has 0 atom stereocenters. The van der Waals surface area contributed by atoms with Crippen molar-refractivity contribution >= 4 is 11.0 Å². The Hall–Kier alpha value is -1.35. The van der Waals surface area contributed by atoms with Crippen molar-refractivity contribution in [2.24, 2.45) is 0 Å². The molecule has 2 nitrogen and oxygen atoms in total. The van der Waals surface area contributed by atoms with Crippen molar-refractivity contribution < 1.29 is 8.81 Å². The van der Waals surface area contributed by atoms with Gasteiger partial charge in [-0.2, -0.15) is 0 Å². The number of halogens is 1. The molecule has 0 radical (unpaired) electrons. The maximum absolute atomic E-state index is 12.9. The second kappa shape index (κ2) is 4.45. The van der Waals surface area contributed by atoms with Crippen LogP contribution in [0.4, 0.5) is 4.39 Å². The van der Waals surface area contributed by atoms with Gasteiger partial charge in [-0.25, -0.2) is 4.39 Å². The number of rotatable bonds is 4. The Bertz CT molecular complexity index is 450. The molecule has 0 spiro atoms. The maximum Gasteiger partial charge on any atom is 0.137 e. The molecule has 1 N–H and O–H groups in total. The van der Waals surface area contributed by atoms with E-state index in [0.717, 1.165) is 30.3 Å². The fraction of sp³-hybridized carbons (Fsp3) is 0.333. The molecule has 2 rings (SSSR count). The van der Waals surface area contributed by atoms with Gasteiger partial charge in [-0.1, -0.05) is 0 Å². The molecule has 80 valence electrons. The fourth-order valence-electron chi connectivity index (χ4n) is 1.71. The third-order valence-electron chi connectivity index (χ3n) is 2.49. The molecule has 0 aliphatic carbocycles. The number of benzene rings is 1. The maximum atomic E-state index is 12.9. The van der Waals surface area contributed by atoms with E-state index in [1.807, 2.05) is 7.05 Å². The smallest absolute Gasteiger partial charge is 0.137 e. The summed E-state index contributed by atoms with van der Waals surface area (Å²) in [7, 11) is 1.93. The number of fused-ring (bicyclic) bond motifs is 1. The minimum atomic E-state index is -0.251. The van der Waals surface area contributed by atoms with Crippen molar-refractivity contribution in [1.29, 1.82) is 0 Å². The number of aryl methyl sites for hydroxylation is 1. The largest absolute Gasteiger partial charge is 0.464 e. The van der Waals surface area contributed by atoms with Gasteiger partial charge in [0, 0.05) is 11.5 Å². The average molecular weight is 207 g/mol. The Labute approximate surface area is 88.1 Å². The summed E-state index contributed by atoms with van der Waals surface area (Å²) < 4.78 is 18.2. The van der Waals surface area contributed by atoms with E-state index in [-0.39, 0.29) is 5.82 Å². The summed E-state index contributed by atoms with van der Waals surface area (Å²) >= 11 is 0. The zero-order valence-corrected chi connectivity index (χ0v) is 8.72. The minimum absolute atomic E-state index is 0.251. The van der Waals surface area contributed by atoms with Crippen LogP contribution in [0.3, 0.4) is 0 Å². The van der Waals surface area contributed by atoms with Gasteiger partial charge in [0.2, 0.25) is 0 Å². The molecule has 3 heteroatoms. The predicted octanol–water partition coefficient (Wildman–Crippen LogP) is 2.72. The summed E-state index contributed by atoms with van der Waals surface area (Å²) in [5.41, 5.74) is 1.79. The molecule has 1 aromatic carbocycles. The van der Waals surface area contributed by atoms with Crippen LogP contribution >= 0.6 is 0 Å². The molecule has 0 aliphatic heterocycles. The van der Waals surface area contributed by atoms with Crippen LogP contribution in [0.2, 0.25) is 0 Å². The average Bonchev–Trinajstić information content (AvgIpc) is 2.61. The lowest BCUT2D eigenvalue weighted by atomic mass is 10.1. The van der Waals surface area contributed by atoms with Crippen molar-refractivity contribution in [3.05, 3.63) is 35.8 Å². The van der Waals surface area contributed by atoms with E-state index >= 15 is 0 Å². The van der Waals surface area contributed by atoms with Crippen LogP contribution in [0, 0.1) is 5.82 Å². The van der Waals surface area contributed by atoms with E-state index in [4.69, 9.17) is 4.42 Å².